The fraction of sp³-hybridized carbons (Fsp3) is 0.333. The van der Waals surface area contributed by atoms with E-state index in [1.165, 1.54) is 12.1 Å². The Morgan fingerprint density at radius 3 is 2.41 bits per heavy atom. The number of amides is 2. The number of hydrogen-bond donors (Lipinski definition) is 0. The first-order valence-corrected chi connectivity index (χ1v) is 11.5. The Hall–Kier alpha value is -3.45. The molecule has 4 rings (SSSR count). The fourth-order valence-electron chi connectivity index (χ4n) is 4.03. The average Bonchev–Trinajstić information content (AvgIpc) is 3.54. The van der Waals surface area contributed by atoms with E-state index >= 15 is 0 Å². The van der Waals surface area contributed by atoms with Crippen molar-refractivity contribution in [1.82, 2.24) is 9.80 Å². The maximum Gasteiger partial charge on any atom is 0.254 e. The molecule has 0 N–H and O–H groups in total. The summed E-state index contributed by atoms with van der Waals surface area (Å²) in [6.45, 7) is 3.41. The van der Waals surface area contributed by atoms with Crippen LogP contribution >= 0.6 is 0 Å². The molecular weight excluding hydrogens is 435 g/mol. The van der Waals surface area contributed by atoms with Crippen LogP contribution in [0.5, 0.6) is 0 Å². The minimum atomic E-state index is -0.334. The third-order valence-electron chi connectivity index (χ3n) is 5.93. The highest BCUT2D eigenvalue weighted by molar-refractivity contribution is 5.96. The smallest absolute Gasteiger partial charge is 0.254 e. The van der Waals surface area contributed by atoms with E-state index in [-0.39, 0.29) is 43.4 Å². The van der Waals surface area contributed by atoms with Crippen molar-refractivity contribution in [3.63, 3.8) is 0 Å². The van der Waals surface area contributed by atoms with Crippen LogP contribution in [0.1, 0.15) is 40.1 Å². The van der Waals surface area contributed by atoms with Crippen LogP contribution in [0.25, 0.3) is 0 Å². The summed E-state index contributed by atoms with van der Waals surface area (Å²) in [7, 11) is 0. The molecule has 2 aromatic carbocycles. The van der Waals surface area contributed by atoms with Gasteiger partial charge in [-0.25, -0.2) is 4.39 Å². The van der Waals surface area contributed by atoms with E-state index in [4.69, 9.17) is 9.15 Å². The van der Waals surface area contributed by atoms with Gasteiger partial charge < -0.3 is 19.0 Å². The van der Waals surface area contributed by atoms with Gasteiger partial charge in [0.25, 0.3) is 5.91 Å². The maximum atomic E-state index is 13.5. The number of benzene rings is 2. The molecule has 7 heteroatoms. The first-order valence-electron chi connectivity index (χ1n) is 11.5. The highest BCUT2D eigenvalue weighted by atomic mass is 19.1. The summed E-state index contributed by atoms with van der Waals surface area (Å²) in [5.74, 6) is -0.132. The molecule has 0 spiro atoms. The van der Waals surface area contributed by atoms with Gasteiger partial charge in [0, 0.05) is 25.3 Å². The number of furan rings is 1. The zero-order valence-corrected chi connectivity index (χ0v) is 19.3. The molecule has 0 saturated carbocycles. The lowest BCUT2D eigenvalue weighted by molar-refractivity contribution is -0.133. The molecule has 178 valence electrons. The zero-order chi connectivity index (χ0) is 23.9. The van der Waals surface area contributed by atoms with Gasteiger partial charge in [0.1, 0.15) is 18.1 Å². The van der Waals surface area contributed by atoms with Crippen molar-refractivity contribution < 1.29 is 23.1 Å². The molecule has 0 radical (unpaired) electrons. The lowest BCUT2D eigenvalue weighted by Crippen LogP contribution is -2.45. The second-order valence-corrected chi connectivity index (χ2v) is 8.64. The number of aryl methyl sites for hydroxylation is 1. The quantitative estimate of drug-likeness (QED) is 0.465. The summed E-state index contributed by atoms with van der Waals surface area (Å²) in [5, 5.41) is 0. The van der Waals surface area contributed by atoms with Crippen molar-refractivity contribution in [3.8, 4) is 0 Å². The van der Waals surface area contributed by atoms with Crippen molar-refractivity contribution in [3.05, 3.63) is 95.2 Å². The Bertz CT molecular complexity index is 1070. The van der Waals surface area contributed by atoms with Crippen LogP contribution in [0.3, 0.4) is 0 Å². The lowest BCUT2D eigenvalue weighted by Gasteiger charge is -2.29. The van der Waals surface area contributed by atoms with Crippen LogP contribution in [-0.4, -0.2) is 47.4 Å². The summed E-state index contributed by atoms with van der Waals surface area (Å²) < 4.78 is 24.6. The Morgan fingerprint density at radius 2 is 1.76 bits per heavy atom. The predicted octanol–water partition coefficient (Wildman–Crippen LogP) is 4.58. The molecule has 34 heavy (non-hydrogen) atoms. The lowest BCUT2D eigenvalue weighted by atomic mass is 10.1. The number of nitrogens with zero attached hydrogens (tertiary/aromatic N) is 2. The number of ether oxygens (including phenoxy) is 1. The minimum Gasteiger partial charge on any atom is -0.467 e. The van der Waals surface area contributed by atoms with Crippen molar-refractivity contribution in [2.45, 2.75) is 39.0 Å². The third-order valence-corrected chi connectivity index (χ3v) is 5.93. The van der Waals surface area contributed by atoms with Gasteiger partial charge in [-0.1, -0.05) is 29.8 Å². The van der Waals surface area contributed by atoms with Crippen molar-refractivity contribution in [1.29, 1.82) is 0 Å². The molecule has 2 amide bonds. The topological polar surface area (TPSA) is 63.0 Å². The third kappa shape index (κ3) is 6.32. The van der Waals surface area contributed by atoms with E-state index in [0.717, 1.165) is 24.0 Å². The minimum absolute atomic E-state index is 0.0854. The van der Waals surface area contributed by atoms with E-state index in [1.807, 2.05) is 19.1 Å². The average molecular weight is 465 g/mol. The predicted molar refractivity (Wildman–Crippen MR) is 125 cm³/mol. The zero-order valence-electron chi connectivity index (χ0n) is 19.3. The SMILES string of the molecule is Cc1ccc(C(=O)N(CC(=O)N(Cc2ccc(F)cc2)Cc2ccco2)CC2CCCO2)cc1. The molecule has 1 saturated heterocycles. The van der Waals surface area contributed by atoms with Gasteiger partial charge in [-0.05, 0) is 61.7 Å². The van der Waals surface area contributed by atoms with Gasteiger partial charge in [-0.15, -0.1) is 0 Å². The monoisotopic (exact) mass is 464 g/mol. The first kappa shape index (κ1) is 23.7. The largest absolute Gasteiger partial charge is 0.467 e. The molecule has 2 heterocycles. The maximum absolute atomic E-state index is 13.5. The Kier molecular flexibility index (Phi) is 7.75. The Morgan fingerprint density at radius 1 is 1.00 bits per heavy atom. The van der Waals surface area contributed by atoms with Gasteiger partial charge in [0.05, 0.1) is 18.9 Å². The fourth-order valence-corrected chi connectivity index (χ4v) is 4.03. The van der Waals surface area contributed by atoms with Gasteiger partial charge >= 0.3 is 0 Å². The van der Waals surface area contributed by atoms with Crippen LogP contribution in [0.15, 0.2) is 71.3 Å². The number of hydrogen-bond acceptors (Lipinski definition) is 4. The molecular formula is C27H29FN2O4. The molecule has 0 aliphatic carbocycles. The van der Waals surface area contributed by atoms with E-state index < -0.39 is 0 Å². The van der Waals surface area contributed by atoms with E-state index in [9.17, 15) is 14.0 Å². The highest BCUT2D eigenvalue weighted by Crippen LogP contribution is 2.17. The number of halogens is 1. The summed E-state index contributed by atoms with van der Waals surface area (Å²) in [4.78, 5) is 30.0. The Labute approximate surface area is 198 Å². The number of rotatable bonds is 9. The number of carbonyl (C=O) groups excluding carboxylic acids is 2. The van der Waals surface area contributed by atoms with Crippen LogP contribution in [0.2, 0.25) is 0 Å². The molecule has 1 aromatic heterocycles. The van der Waals surface area contributed by atoms with Gasteiger partial charge in [-0.2, -0.15) is 0 Å². The molecule has 6 nitrogen and oxygen atoms in total. The molecule has 1 unspecified atom stereocenters. The van der Waals surface area contributed by atoms with Crippen LogP contribution < -0.4 is 0 Å². The summed E-state index contributed by atoms with van der Waals surface area (Å²) in [5.41, 5.74) is 2.38. The van der Waals surface area contributed by atoms with Crippen LogP contribution in [0.4, 0.5) is 4.39 Å². The second-order valence-electron chi connectivity index (χ2n) is 8.64. The molecule has 3 aromatic rings. The van der Waals surface area contributed by atoms with Gasteiger partial charge in [0.15, 0.2) is 0 Å². The van der Waals surface area contributed by atoms with Crippen LogP contribution in [0, 0.1) is 12.7 Å². The second kappa shape index (κ2) is 11.1. The number of carbonyl (C=O) groups is 2. The summed E-state index contributed by atoms with van der Waals surface area (Å²) in [6.07, 6.45) is 3.27. The van der Waals surface area contributed by atoms with E-state index in [0.29, 0.717) is 24.5 Å². The van der Waals surface area contributed by atoms with E-state index in [1.54, 1.807) is 52.5 Å². The summed E-state index contributed by atoms with van der Waals surface area (Å²) >= 11 is 0. The highest BCUT2D eigenvalue weighted by Gasteiger charge is 2.27. The molecule has 1 aliphatic heterocycles. The standard InChI is InChI=1S/C27H29FN2O4/c1-20-6-10-22(11-7-20)27(32)30(18-25-5-3-15-34-25)19-26(31)29(17-24-4-2-14-33-24)16-21-8-12-23(28)13-9-21/h2,4,6-14,25H,3,5,15-19H2,1H3. The first-order chi connectivity index (χ1) is 16.5. The van der Waals surface area contributed by atoms with Crippen molar-refractivity contribution in [2.24, 2.45) is 0 Å². The molecule has 1 atom stereocenters. The van der Waals surface area contributed by atoms with Gasteiger partial charge in [0.2, 0.25) is 5.91 Å². The van der Waals surface area contributed by atoms with Crippen LogP contribution in [-0.2, 0) is 22.6 Å². The molecule has 0 bridgehead atoms. The summed E-state index contributed by atoms with van der Waals surface area (Å²) in [6, 6.07) is 16.9. The molecule has 1 fully saturated rings. The van der Waals surface area contributed by atoms with Crippen molar-refractivity contribution in [2.75, 3.05) is 19.7 Å². The Balaban J connectivity index is 1.54. The molecule has 1 aliphatic rings. The van der Waals surface area contributed by atoms with Crippen molar-refractivity contribution >= 4 is 11.8 Å². The van der Waals surface area contributed by atoms with E-state index in [2.05, 4.69) is 0 Å². The normalized spacial score (nSPS) is 15.3. The van der Waals surface area contributed by atoms with Gasteiger partial charge in [-0.3, -0.25) is 9.59 Å².